The minimum Gasteiger partial charge on any atom is -0.248 e. The van der Waals surface area contributed by atoms with Crippen LogP contribution in [0.1, 0.15) is 0 Å². The molecule has 0 aromatic rings. The van der Waals surface area contributed by atoms with Gasteiger partial charge in [-0.2, -0.15) is 0 Å². The molecule has 44 valence electrons. The topological polar surface area (TPSA) is 67.9 Å². The van der Waals surface area contributed by atoms with Crippen molar-refractivity contribution in [3.05, 3.63) is 0 Å². The summed E-state index contributed by atoms with van der Waals surface area (Å²) in [6.45, 7) is 0.266. The zero-order valence-electron chi connectivity index (χ0n) is 4.07. The summed E-state index contributed by atoms with van der Waals surface area (Å²) < 4.78 is 0. The van der Waals surface area contributed by atoms with Gasteiger partial charge in [0, 0.05) is 6.21 Å². The summed E-state index contributed by atoms with van der Waals surface area (Å²) >= 11 is 0. The first-order valence-corrected chi connectivity index (χ1v) is 2.05. The quantitative estimate of drug-likeness (QED) is 0.335. The lowest BCUT2D eigenvalue weighted by Crippen LogP contribution is -2.38. The lowest BCUT2D eigenvalue weighted by atomic mass is 10.8. The first-order valence-electron chi connectivity index (χ1n) is 2.05. The van der Waals surface area contributed by atoms with E-state index in [0.29, 0.717) is 5.17 Å². The molecule has 0 saturated carbocycles. The van der Waals surface area contributed by atoms with Crippen molar-refractivity contribution in [3.8, 4) is 0 Å². The van der Waals surface area contributed by atoms with Crippen molar-refractivity contribution in [1.29, 1.82) is 0 Å². The summed E-state index contributed by atoms with van der Waals surface area (Å²) in [4.78, 5) is 18.1. The van der Waals surface area contributed by atoms with E-state index in [4.69, 9.17) is 5.84 Å². The number of hydroxylamine groups is 1. The Bertz CT molecular complexity index is 132. The van der Waals surface area contributed by atoms with E-state index in [9.17, 15) is 4.79 Å². The van der Waals surface area contributed by atoms with Crippen LogP contribution in [0.15, 0.2) is 4.99 Å². The van der Waals surface area contributed by atoms with Crippen molar-refractivity contribution in [2.75, 3.05) is 6.61 Å². The molecule has 1 aliphatic rings. The maximum atomic E-state index is 10.3. The maximum absolute atomic E-state index is 10.3. The van der Waals surface area contributed by atoms with E-state index < -0.39 is 6.03 Å². The van der Waals surface area contributed by atoms with Gasteiger partial charge in [0.05, 0.1) is 0 Å². The minimum atomic E-state index is -0.573. The van der Waals surface area contributed by atoms with Gasteiger partial charge in [0.25, 0.3) is 0 Å². The molecule has 0 unspecified atom stereocenters. The number of urea groups is 1. The zero-order valence-corrected chi connectivity index (χ0v) is 4.07. The van der Waals surface area contributed by atoms with Crippen LogP contribution in [0.4, 0.5) is 4.79 Å². The molecule has 5 nitrogen and oxygen atoms in total. The number of hydrazine groups is 1. The number of nitrogens with two attached hydrogens (primary N) is 1. The van der Waals surface area contributed by atoms with Gasteiger partial charge in [-0.3, -0.25) is 0 Å². The molecule has 1 rings (SSSR count). The Morgan fingerprint density at radius 1 is 2.00 bits per heavy atom. The summed E-state index contributed by atoms with van der Waals surface area (Å²) in [5, 5.41) is 0.597. The second kappa shape index (κ2) is 1.89. The number of carbonyl (C=O) groups is 1. The second-order valence-corrected chi connectivity index (χ2v) is 1.22. The van der Waals surface area contributed by atoms with Crippen molar-refractivity contribution in [3.63, 3.8) is 0 Å². The van der Waals surface area contributed by atoms with Crippen LogP contribution in [0.5, 0.6) is 0 Å². The predicted molar refractivity (Wildman–Crippen MR) is 25.9 cm³/mol. The molecule has 1 heterocycles. The van der Waals surface area contributed by atoms with Gasteiger partial charge in [0.15, 0.2) is 0 Å². The van der Waals surface area contributed by atoms with Crippen LogP contribution in [-0.4, -0.2) is 24.0 Å². The number of hydrogen-bond donors (Lipinski definition) is 1. The highest BCUT2D eigenvalue weighted by Gasteiger charge is 2.09. The normalized spacial score (nSPS) is 19.6. The van der Waals surface area contributed by atoms with Gasteiger partial charge < -0.3 is 0 Å². The average Bonchev–Trinajstić information content (AvgIpc) is 1.77. The number of amides is 2. The molecule has 8 heavy (non-hydrogen) atoms. The third-order valence-corrected chi connectivity index (χ3v) is 0.678. The van der Waals surface area contributed by atoms with Crippen LogP contribution >= 0.6 is 0 Å². The van der Waals surface area contributed by atoms with E-state index in [-0.39, 0.29) is 6.61 Å². The molecule has 0 atom stereocenters. The van der Waals surface area contributed by atoms with Crippen molar-refractivity contribution in [2.24, 2.45) is 10.8 Å². The van der Waals surface area contributed by atoms with E-state index in [0.717, 1.165) is 0 Å². The molecule has 2 amide bonds. The molecule has 5 heteroatoms. The maximum Gasteiger partial charge on any atom is 0.382 e. The van der Waals surface area contributed by atoms with Crippen molar-refractivity contribution < 1.29 is 9.63 Å². The second-order valence-electron chi connectivity index (χ2n) is 1.22. The molecular formula is C3H5N3O2. The Morgan fingerprint density at radius 2 is 2.75 bits per heavy atom. The van der Waals surface area contributed by atoms with Crippen LogP contribution in [0, 0.1) is 0 Å². The molecule has 0 radical (unpaired) electrons. The summed E-state index contributed by atoms with van der Waals surface area (Å²) in [6, 6.07) is -0.573. The van der Waals surface area contributed by atoms with E-state index >= 15 is 0 Å². The molecule has 0 bridgehead atoms. The van der Waals surface area contributed by atoms with Crippen LogP contribution in [0.2, 0.25) is 0 Å². The molecular weight excluding hydrogens is 110 g/mol. The van der Waals surface area contributed by atoms with Gasteiger partial charge in [-0.15, -0.1) is 5.17 Å². The predicted octanol–water partition coefficient (Wildman–Crippen LogP) is -0.702. The highest BCUT2D eigenvalue weighted by Crippen LogP contribution is 1.90. The van der Waals surface area contributed by atoms with Gasteiger partial charge in [-0.25, -0.2) is 20.5 Å². The van der Waals surface area contributed by atoms with Gasteiger partial charge in [-0.1, -0.05) is 0 Å². The van der Waals surface area contributed by atoms with Crippen LogP contribution in [0.3, 0.4) is 0 Å². The van der Waals surface area contributed by atoms with Crippen molar-refractivity contribution in [1.82, 2.24) is 5.17 Å². The Hall–Kier alpha value is -0.940. The largest absolute Gasteiger partial charge is 0.382 e. The lowest BCUT2D eigenvalue weighted by Gasteiger charge is -2.13. The number of hydrogen-bond acceptors (Lipinski definition) is 3. The Morgan fingerprint density at radius 3 is 3.12 bits per heavy atom. The molecule has 0 saturated heterocycles. The Labute approximate surface area is 45.7 Å². The number of rotatable bonds is 0. The number of carbonyl (C=O) groups excluding carboxylic acids is 1. The molecule has 0 aromatic heterocycles. The summed E-state index contributed by atoms with van der Waals surface area (Å²) in [6.07, 6.45) is 1.35. The third kappa shape index (κ3) is 0.824. The third-order valence-electron chi connectivity index (χ3n) is 0.678. The van der Waals surface area contributed by atoms with E-state index in [1.165, 1.54) is 6.21 Å². The first-order chi connectivity index (χ1) is 3.80. The van der Waals surface area contributed by atoms with Crippen molar-refractivity contribution >= 4 is 12.2 Å². The molecule has 0 fully saturated rings. The number of nitrogens with zero attached hydrogens (tertiary/aromatic N) is 2. The van der Waals surface area contributed by atoms with E-state index in [2.05, 4.69) is 9.83 Å². The highest BCUT2D eigenvalue weighted by molar-refractivity contribution is 5.84. The molecule has 0 aliphatic carbocycles. The lowest BCUT2D eigenvalue weighted by molar-refractivity contribution is -0.102. The monoisotopic (exact) mass is 115 g/mol. The van der Waals surface area contributed by atoms with Gasteiger partial charge in [-0.05, 0) is 0 Å². The molecule has 0 aromatic carbocycles. The Balaban J connectivity index is 2.60. The van der Waals surface area contributed by atoms with E-state index in [1.54, 1.807) is 0 Å². The molecule has 1 aliphatic heterocycles. The summed E-state index contributed by atoms with van der Waals surface area (Å²) in [5.74, 6) is 4.93. The minimum absolute atomic E-state index is 0.266. The standard InChI is InChI=1S/C3H5N3O2/c4-6-3(7)5-1-2-8-6/h1H,2,4H2. The van der Waals surface area contributed by atoms with E-state index in [1.807, 2.05) is 0 Å². The average molecular weight is 115 g/mol. The highest BCUT2D eigenvalue weighted by atomic mass is 16.7. The SMILES string of the molecule is NN1OCC=NC1=O. The van der Waals surface area contributed by atoms with Crippen LogP contribution in [0.25, 0.3) is 0 Å². The number of aliphatic imine (C=N–C) groups is 1. The fourth-order valence-electron chi connectivity index (χ4n) is 0.341. The van der Waals surface area contributed by atoms with Crippen LogP contribution in [-0.2, 0) is 4.84 Å². The fourth-order valence-corrected chi connectivity index (χ4v) is 0.341. The first kappa shape index (κ1) is 5.20. The molecule has 0 spiro atoms. The summed E-state index contributed by atoms with van der Waals surface area (Å²) in [7, 11) is 0. The van der Waals surface area contributed by atoms with Crippen LogP contribution < -0.4 is 5.84 Å². The molecule has 2 N–H and O–H groups in total. The van der Waals surface area contributed by atoms with Gasteiger partial charge >= 0.3 is 6.03 Å². The van der Waals surface area contributed by atoms with Gasteiger partial charge in [0.2, 0.25) is 0 Å². The summed E-state index contributed by atoms with van der Waals surface area (Å²) in [5.41, 5.74) is 0. The van der Waals surface area contributed by atoms with Gasteiger partial charge in [0.1, 0.15) is 6.61 Å². The van der Waals surface area contributed by atoms with Crippen molar-refractivity contribution in [2.45, 2.75) is 0 Å². The smallest absolute Gasteiger partial charge is 0.248 e. The zero-order chi connectivity index (χ0) is 5.98. The Kier molecular flexibility index (Phi) is 1.23. The fraction of sp³-hybridized carbons (Fsp3) is 0.333.